The zero-order chi connectivity index (χ0) is 6.69. The van der Waals surface area contributed by atoms with Gasteiger partial charge in [0.15, 0.2) is 0 Å². The van der Waals surface area contributed by atoms with Gasteiger partial charge in [-0.25, -0.2) is 4.39 Å². The van der Waals surface area contributed by atoms with E-state index in [1.165, 1.54) is 0 Å². The number of halogens is 1. The quantitative estimate of drug-likeness (QED) is 0.490. The van der Waals surface area contributed by atoms with Gasteiger partial charge in [0, 0.05) is 0 Å². The van der Waals surface area contributed by atoms with Crippen LogP contribution in [-0.4, -0.2) is 30.5 Å². The van der Waals surface area contributed by atoms with Gasteiger partial charge in [0.25, 0.3) is 0 Å². The molecule has 0 bridgehead atoms. The number of rotatable bonds is 0. The van der Waals surface area contributed by atoms with E-state index in [-0.39, 0.29) is 0 Å². The first kappa shape index (κ1) is 6.96. The summed E-state index contributed by atoms with van der Waals surface area (Å²) in [4.78, 5) is 0. The minimum Gasteiger partial charge on any atom is -0.390 e. The Hall–Kier alpha value is -0.150. The minimum atomic E-state index is -1.01. The zero-order valence-electron chi connectivity index (χ0n) is 5.31. The Morgan fingerprint density at radius 2 is 2.00 bits per heavy atom. The van der Waals surface area contributed by atoms with Crippen LogP contribution in [0.1, 0.15) is 12.8 Å². The predicted molar refractivity (Wildman–Crippen MR) is 33.0 cm³/mol. The number of alkyl halides is 1. The third kappa shape index (κ3) is 1.91. The number of nitrogens with one attached hydrogen (secondary N) is 1. The van der Waals surface area contributed by atoms with Crippen LogP contribution in [-0.2, 0) is 0 Å². The number of aliphatic hydroxyl groups is 1. The van der Waals surface area contributed by atoms with E-state index in [1.54, 1.807) is 0 Å². The van der Waals surface area contributed by atoms with Crippen molar-refractivity contribution in [3.8, 4) is 0 Å². The van der Waals surface area contributed by atoms with Crippen molar-refractivity contribution in [2.45, 2.75) is 25.1 Å². The van der Waals surface area contributed by atoms with Gasteiger partial charge < -0.3 is 10.4 Å². The lowest BCUT2D eigenvalue weighted by Crippen LogP contribution is -2.20. The van der Waals surface area contributed by atoms with Gasteiger partial charge in [-0.1, -0.05) is 0 Å². The average Bonchev–Trinajstić information content (AvgIpc) is 1.99. The van der Waals surface area contributed by atoms with Crippen molar-refractivity contribution in [1.82, 2.24) is 5.32 Å². The average molecular weight is 133 g/mol. The molecule has 3 heteroatoms. The van der Waals surface area contributed by atoms with Crippen LogP contribution in [0.15, 0.2) is 0 Å². The fourth-order valence-corrected chi connectivity index (χ4v) is 0.988. The number of aliphatic hydroxyl groups excluding tert-OH is 1. The molecule has 2 atom stereocenters. The van der Waals surface area contributed by atoms with E-state index in [1.807, 2.05) is 0 Å². The van der Waals surface area contributed by atoms with Gasteiger partial charge in [-0.2, -0.15) is 0 Å². The SMILES string of the molecule is O[C@H]1CCNCC[C@@H]1F. The molecule has 0 aliphatic carbocycles. The van der Waals surface area contributed by atoms with E-state index in [2.05, 4.69) is 5.32 Å². The lowest BCUT2D eigenvalue weighted by atomic mass is 10.1. The molecule has 1 fully saturated rings. The molecule has 1 aliphatic rings. The van der Waals surface area contributed by atoms with Gasteiger partial charge in [0.2, 0.25) is 0 Å². The van der Waals surface area contributed by atoms with Crippen LogP contribution in [0.5, 0.6) is 0 Å². The van der Waals surface area contributed by atoms with Crippen molar-refractivity contribution < 1.29 is 9.50 Å². The third-order valence-corrected chi connectivity index (χ3v) is 1.63. The molecule has 0 radical (unpaired) electrons. The Morgan fingerprint density at radius 1 is 1.33 bits per heavy atom. The summed E-state index contributed by atoms with van der Waals surface area (Å²) in [5, 5.41) is 12.0. The second-order valence-electron chi connectivity index (χ2n) is 2.41. The maximum absolute atomic E-state index is 12.5. The molecule has 1 saturated heterocycles. The third-order valence-electron chi connectivity index (χ3n) is 1.63. The van der Waals surface area contributed by atoms with E-state index in [9.17, 15) is 4.39 Å². The van der Waals surface area contributed by atoms with Crippen molar-refractivity contribution >= 4 is 0 Å². The Balaban J connectivity index is 2.32. The van der Waals surface area contributed by atoms with Crippen LogP contribution in [0.4, 0.5) is 4.39 Å². The Bertz CT molecular complexity index is 79.1. The molecule has 1 aliphatic heterocycles. The van der Waals surface area contributed by atoms with Gasteiger partial charge in [-0.15, -0.1) is 0 Å². The summed E-state index contributed by atoms with van der Waals surface area (Å²) >= 11 is 0. The van der Waals surface area contributed by atoms with E-state index in [4.69, 9.17) is 5.11 Å². The molecule has 0 aromatic carbocycles. The standard InChI is InChI=1S/C6H12FNO/c7-5-1-3-8-4-2-6(5)9/h5-6,8-9H,1-4H2/t5-,6-/m0/s1. The van der Waals surface area contributed by atoms with E-state index >= 15 is 0 Å². The topological polar surface area (TPSA) is 32.3 Å². The van der Waals surface area contributed by atoms with Crippen LogP contribution in [0.25, 0.3) is 0 Å². The lowest BCUT2D eigenvalue weighted by Gasteiger charge is -2.09. The van der Waals surface area contributed by atoms with Crippen molar-refractivity contribution in [3.63, 3.8) is 0 Å². The molecule has 0 saturated carbocycles. The minimum absolute atomic E-state index is 0.446. The number of hydrogen-bond acceptors (Lipinski definition) is 2. The smallest absolute Gasteiger partial charge is 0.127 e. The molecule has 0 aromatic heterocycles. The summed E-state index contributed by atoms with van der Waals surface area (Å²) in [5.41, 5.74) is 0. The summed E-state index contributed by atoms with van der Waals surface area (Å²) in [5.74, 6) is 0. The lowest BCUT2D eigenvalue weighted by molar-refractivity contribution is 0.0758. The summed E-state index contributed by atoms with van der Waals surface area (Å²) < 4.78 is 12.5. The summed E-state index contributed by atoms with van der Waals surface area (Å²) in [6.45, 7) is 1.43. The molecule has 2 nitrogen and oxygen atoms in total. The highest BCUT2D eigenvalue weighted by Gasteiger charge is 2.19. The Morgan fingerprint density at radius 3 is 2.78 bits per heavy atom. The number of hydrogen-bond donors (Lipinski definition) is 2. The van der Waals surface area contributed by atoms with Gasteiger partial charge in [-0.3, -0.25) is 0 Å². The molecular formula is C6H12FNO. The second-order valence-corrected chi connectivity index (χ2v) is 2.41. The second kappa shape index (κ2) is 3.13. The molecule has 0 aromatic rings. The monoisotopic (exact) mass is 133 g/mol. The predicted octanol–water partition coefficient (Wildman–Crippen LogP) is 0.0688. The Labute approximate surface area is 54.1 Å². The van der Waals surface area contributed by atoms with E-state index in [0.717, 1.165) is 6.54 Å². The van der Waals surface area contributed by atoms with Crippen molar-refractivity contribution in [2.75, 3.05) is 13.1 Å². The zero-order valence-corrected chi connectivity index (χ0v) is 5.31. The van der Waals surface area contributed by atoms with Gasteiger partial charge in [-0.05, 0) is 25.9 Å². The van der Waals surface area contributed by atoms with Gasteiger partial charge in [0.05, 0.1) is 6.10 Å². The maximum Gasteiger partial charge on any atom is 0.127 e. The fraction of sp³-hybridized carbons (Fsp3) is 1.00. The molecule has 0 spiro atoms. The first-order valence-corrected chi connectivity index (χ1v) is 3.33. The fourth-order valence-electron chi connectivity index (χ4n) is 0.988. The van der Waals surface area contributed by atoms with Crippen LogP contribution in [0, 0.1) is 0 Å². The normalized spacial score (nSPS) is 38.0. The highest BCUT2D eigenvalue weighted by atomic mass is 19.1. The van der Waals surface area contributed by atoms with Gasteiger partial charge >= 0.3 is 0 Å². The van der Waals surface area contributed by atoms with Crippen molar-refractivity contribution in [2.24, 2.45) is 0 Å². The van der Waals surface area contributed by atoms with Crippen LogP contribution >= 0.6 is 0 Å². The van der Waals surface area contributed by atoms with Crippen LogP contribution < -0.4 is 5.32 Å². The van der Waals surface area contributed by atoms with Crippen molar-refractivity contribution in [1.29, 1.82) is 0 Å². The van der Waals surface area contributed by atoms with Crippen molar-refractivity contribution in [3.05, 3.63) is 0 Å². The van der Waals surface area contributed by atoms with Gasteiger partial charge in [0.1, 0.15) is 6.17 Å². The molecule has 9 heavy (non-hydrogen) atoms. The molecule has 1 heterocycles. The molecule has 54 valence electrons. The van der Waals surface area contributed by atoms with E-state index < -0.39 is 12.3 Å². The first-order valence-electron chi connectivity index (χ1n) is 3.33. The largest absolute Gasteiger partial charge is 0.390 e. The molecular weight excluding hydrogens is 121 g/mol. The van der Waals surface area contributed by atoms with E-state index in [0.29, 0.717) is 19.4 Å². The molecule has 0 amide bonds. The molecule has 2 N–H and O–H groups in total. The van der Waals surface area contributed by atoms with Crippen LogP contribution in [0.3, 0.4) is 0 Å². The highest BCUT2D eigenvalue weighted by molar-refractivity contribution is 4.73. The summed E-state index contributed by atoms with van der Waals surface area (Å²) in [7, 11) is 0. The highest BCUT2D eigenvalue weighted by Crippen LogP contribution is 2.09. The molecule has 0 unspecified atom stereocenters. The summed E-state index contributed by atoms with van der Waals surface area (Å²) in [6, 6.07) is 0. The molecule has 1 rings (SSSR count). The Kier molecular flexibility index (Phi) is 2.42. The summed E-state index contributed by atoms with van der Waals surface area (Å²) in [6.07, 6.45) is -0.762. The first-order chi connectivity index (χ1) is 4.30. The maximum atomic E-state index is 12.5. The van der Waals surface area contributed by atoms with Crippen LogP contribution in [0.2, 0.25) is 0 Å².